The number of fused-ring (bicyclic) bond motifs is 1. The van der Waals surface area contributed by atoms with E-state index in [0.717, 1.165) is 0 Å². The quantitative estimate of drug-likeness (QED) is 0.757. The number of carbonyl (C=O) groups is 1. The fourth-order valence-corrected chi connectivity index (χ4v) is 3.82. The van der Waals surface area contributed by atoms with Gasteiger partial charge in [0.1, 0.15) is 16.4 Å². The molecule has 8 heteroatoms. The maximum atomic E-state index is 12.7. The first-order valence-corrected chi connectivity index (χ1v) is 8.64. The molecule has 3 aromatic rings. The minimum absolute atomic E-state index is 0.157. The Morgan fingerprint density at radius 2 is 2.08 bits per heavy atom. The van der Waals surface area contributed by atoms with E-state index < -0.39 is 0 Å². The Kier molecular flexibility index (Phi) is 4.53. The standard InChI is InChI=1S/C17H16ClN3O3S/c1-8-13-16(19-9(2)21(3)17(13)23)25-14(8)15(22)20-11-7-10(18)5-6-12(11)24-4/h5-7H,1-4H3,(H,20,22). The van der Waals surface area contributed by atoms with Crippen molar-refractivity contribution in [1.82, 2.24) is 9.55 Å². The molecule has 0 fully saturated rings. The van der Waals surface area contributed by atoms with E-state index in [9.17, 15) is 9.59 Å². The summed E-state index contributed by atoms with van der Waals surface area (Å²) in [5.41, 5.74) is 0.927. The predicted molar refractivity (Wildman–Crippen MR) is 100 cm³/mol. The Bertz CT molecular complexity index is 1060. The average Bonchev–Trinajstić information content (AvgIpc) is 2.89. The highest BCUT2D eigenvalue weighted by atomic mass is 35.5. The Labute approximate surface area is 153 Å². The van der Waals surface area contributed by atoms with E-state index in [1.807, 2.05) is 0 Å². The van der Waals surface area contributed by atoms with Gasteiger partial charge in [-0.25, -0.2) is 4.98 Å². The van der Waals surface area contributed by atoms with E-state index in [2.05, 4.69) is 10.3 Å². The summed E-state index contributed by atoms with van der Waals surface area (Å²) >= 11 is 7.19. The minimum atomic E-state index is -0.333. The zero-order valence-corrected chi connectivity index (χ0v) is 15.7. The zero-order chi connectivity index (χ0) is 18.3. The van der Waals surface area contributed by atoms with Crippen molar-refractivity contribution in [3.8, 4) is 5.75 Å². The van der Waals surface area contributed by atoms with E-state index in [4.69, 9.17) is 16.3 Å². The Morgan fingerprint density at radius 3 is 2.76 bits per heavy atom. The molecule has 2 aromatic heterocycles. The molecule has 0 aliphatic carbocycles. The van der Waals surface area contributed by atoms with Crippen LogP contribution < -0.4 is 15.6 Å². The van der Waals surface area contributed by atoms with Gasteiger partial charge in [0.25, 0.3) is 11.5 Å². The van der Waals surface area contributed by atoms with Gasteiger partial charge in [-0.15, -0.1) is 11.3 Å². The molecule has 0 aliphatic rings. The van der Waals surface area contributed by atoms with Crippen LogP contribution in [0.15, 0.2) is 23.0 Å². The van der Waals surface area contributed by atoms with Crippen LogP contribution in [0.4, 0.5) is 5.69 Å². The Balaban J connectivity index is 2.07. The van der Waals surface area contributed by atoms with Gasteiger partial charge >= 0.3 is 0 Å². The molecule has 25 heavy (non-hydrogen) atoms. The van der Waals surface area contributed by atoms with Gasteiger partial charge in [0.2, 0.25) is 0 Å². The summed E-state index contributed by atoms with van der Waals surface area (Å²) in [6.07, 6.45) is 0. The maximum Gasteiger partial charge on any atom is 0.266 e. The summed E-state index contributed by atoms with van der Waals surface area (Å²) in [5.74, 6) is 0.768. The Hall–Kier alpha value is -2.38. The van der Waals surface area contributed by atoms with Crippen LogP contribution in [0.5, 0.6) is 5.75 Å². The van der Waals surface area contributed by atoms with Crippen molar-refractivity contribution < 1.29 is 9.53 Å². The summed E-state index contributed by atoms with van der Waals surface area (Å²) in [6, 6.07) is 4.97. The second-order valence-electron chi connectivity index (χ2n) is 5.56. The van der Waals surface area contributed by atoms with Gasteiger partial charge in [-0.1, -0.05) is 11.6 Å². The van der Waals surface area contributed by atoms with Gasteiger partial charge < -0.3 is 10.1 Å². The third kappa shape index (κ3) is 3.01. The van der Waals surface area contributed by atoms with Crippen molar-refractivity contribution >= 4 is 44.7 Å². The molecule has 0 aliphatic heterocycles. The highest BCUT2D eigenvalue weighted by Gasteiger charge is 2.21. The number of nitrogens with one attached hydrogen (secondary N) is 1. The van der Waals surface area contributed by atoms with Crippen molar-refractivity contribution in [3.63, 3.8) is 0 Å². The predicted octanol–water partition coefficient (Wildman–Crippen LogP) is 3.53. The molecule has 0 bridgehead atoms. The van der Waals surface area contributed by atoms with E-state index in [1.54, 1.807) is 39.1 Å². The van der Waals surface area contributed by atoms with E-state index >= 15 is 0 Å². The van der Waals surface area contributed by atoms with Crippen molar-refractivity contribution in [3.05, 3.63) is 49.8 Å². The number of benzene rings is 1. The lowest BCUT2D eigenvalue weighted by Gasteiger charge is -2.10. The number of aromatic nitrogens is 2. The highest BCUT2D eigenvalue weighted by Crippen LogP contribution is 2.31. The van der Waals surface area contributed by atoms with Crippen molar-refractivity contribution in [2.75, 3.05) is 12.4 Å². The molecular formula is C17H16ClN3O3S. The van der Waals surface area contributed by atoms with Crippen LogP contribution >= 0.6 is 22.9 Å². The van der Waals surface area contributed by atoms with Gasteiger partial charge in [0.15, 0.2) is 0 Å². The van der Waals surface area contributed by atoms with Crippen LogP contribution in [0.2, 0.25) is 5.02 Å². The van der Waals surface area contributed by atoms with Gasteiger partial charge in [0, 0.05) is 12.1 Å². The molecule has 3 rings (SSSR count). The molecule has 0 saturated heterocycles. The largest absolute Gasteiger partial charge is 0.495 e. The average molecular weight is 378 g/mol. The smallest absolute Gasteiger partial charge is 0.266 e. The number of hydrogen-bond acceptors (Lipinski definition) is 5. The van der Waals surface area contributed by atoms with E-state index in [1.165, 1.54) is 23.0 Å². The normalized spacial score (nSPS) is 10.9. The molecule has 0 radical (unpaired) electrons. The van der Waals surface area contributed by atoms with Gasteiger partial charge in [0.05, 0.1) is 23.1 Å². The molecule has 0 saturated carbocycles. The lowest BCUT2D eigenvalue weighted by molar-refractivity contribution is 0.102. The number of aryl methyl sites for hydroxylation is 2. The number of nitrogens with zero attached hydrogens (tertiary/aromatic N) is 2. The maximum absolute atomic E-state index is 12.7. The van der Waals surface area contributed by atoms with Crippen LogP contribution in [0.3, 0.4) is 0 Å². The third-order valence-corrected chi connectivity index (χ3v) is 5.43. The molecule has 1 N–H and O–H groups in total. The number of hydrogen-bond donors (Lipinski definition) is 1. The van der Waals surface area contributed by atoms with Gasteiger partial charge in [-0.05, 0) is 37.6 Å². The molecule has 1 amide bonds. The lowest BCUT2D eigenvalue weighted by Crippen LogP contribution is -2.20. The zero-order valence-electron chi connectivity index (χ0n) is 14.1. The van der Waals surface area contributed by atoms with E-state index in [-0.39, 0.29) is 11.5 Å². The molecule has 130 valence electrons. The summed E-state index contributed by atoms with van der Waals surface area (Å²) in [6.45, 7) is 3.51. The number of carbonyl (C=O) groups excluding carboxylic acids is 1. The molecule has 0 unspecified atom stereocenters. The fraction of sp³-hybridized carbons (Fsp3) is 0.235. The summed E-state index contributed by atoms with van der Waals surface area (Å²) < 4.78 is 6.72. The fourth-order valence-electron chi connectivity index (χ4n) is 2.54. The van der Waals surface area contributed by atoms with Crippen LogP contribution in [-0.4, -0.2) is 22.6 Å². The van der Waals surface area contributed by atoms with E-state index in [0.29, 0.717) is 42.9 Å². The number of anilines is 1. The summed E-state index contributed by atoms with van der Waals surface area (Å²) in [4.78, 5) is 30.6. The first-order valence-electron chi connectivity index (χ1n) is 7.45. The first kappa shape index (κ1) is 17.4. The van der Waals surface area contributed by atoms with Gasteiger partial charge in [-0.3, -0.25) is 14.2 Å². The van der Waals surface area contributed by atoms with Crippen LogP contribution in [-0.2, 0) is 7.05 Å². The molecule has 0 spiro atoms. The van der Waals surface area contributed by atoms with Crippen LogP contribution in [0.25, 0.3) is 10.2 Å². The monoisotopic (exact) mass is 377 g/mol. The number of rotatable bonds is 3. The molecule has 1 aromatic carbocycles. The summed E-state index contributed by atoms with van der Waals surface area (Å²) in [5, 5.41) is 3.75. The molecular weight excluding hydrogens is 362 g/mol. The summed E-state index contributed by atoms with van der Waals surface area (Å²) in [7, 11) is 3.18. The number of thiophene rings is 1. The lowest BCUT2D eigenvalue weighted by atomic mass is 10.2. The molecule has 6 nitrogen and oxygen atoms in total. The van der Waals surface area contributed by atoms with Crippen molar-refractivity contribution in [2.45, 2.75) is 13.8 Å². The Morgan fingerprint density at radius 1 is 1.36 bits per heavy atom. The van der Waals surface area contributed by atoms with Gasteiger partial charge in [-0.2, -0.15) is 0 Å². The minimum Gasteiger partial charge on any atom is -0.495 e. The third-order valence-electron chi connectivity index (χ3n) is 4.01. The SMILES string of the molecule is COc1ccc(Cl)cc1NC(=O)c1sc2nc(C)n(C)c(=O)c2c1C. The number of amides is 1. The second-order valence-corrected chi connectivity index (χ2v) is 6.99. The number of halogens is 1. The van der Waals surface area contributed by atoms with Crippen LogP contribution in [0, 0.1) is 13.8 Å². The number of ether oxygens (including phenoxy) is 1. The first-order chi connectivity index (χ1) is 11.8. The van der Waals surface area contributed by atoms with Crippen molar-refractivity contribution in [1.29, 1.82) is 0 Å². The topological polar surface area (TPSA) is 73.2 Å². The molecule has 2 heterocycles. The number of methoxy groups -OCH3 is 1. The second kappa shape index (κ2) is 6.50. The van der Waals surface area contributed by atoms with Crippen molar-refractivity contribution in [2.24, 2.45) is 7.05 Å². The highest BCUT2D eigenvalue weighted by molar-refractivity contribution is 7.20. The van der Waals surface area contributed by atoms with Crippen LogP contribution in [0.1, 0.15) is 21.1 Å². The molecule has 0 atom stereocenters.